The second kappa shape index (κ2) is 7.77. The van der Waals surface area contributed by atoms with E-state index < -0.39 is 0 Å². The number of rotatable bonds is 5. The van der Waals surface area contributed by atoms with Gasteiger partial charge in [-0.1, -0.05) is 33.8 Å². The maximum absolute atomic E-state index is 6.32. The largest absolute Gasteiger partial charge is 0.486 e. The molecule has 1 N–H and O–H groups in total. The Kier molecular flexibility index (Phi) is 5.22. The zero-order valence-corrected chi connectivity index (χ0v) is 16.7. The molecular formula is C17H11Cl2N5OS2. The molecule has 0 unspecified atom stereocenters. The number of H-pyrrole nitrogens is 1. The van der Waals surface area contributed by atoms with E-state index in [1.54, 1.807) is 16.7 Å². The molecule has 0 saturated heterocycles. The van der Waals surface area contributed by atoms with Gasteiger partial charge in [-0.2, -0.15) is 5.10 Å². The fourth-order valence-electron chi connectivity index (χ4n) is 2.50. The van der Waals surface area contributed by atoms with Crippen molar-refractivity contribution in [2.45, 2.75) is 6.61 Å². The van der Waals surface area contributed by atoms with E-state index in [-0.39, 0.29) is 6.61 Å². The Morgan fingerprint density at radius 2 is 1.96 bits per heavy atom. The zero-order valence-electron chi connectivity index (χ0n) is 13.6. The summed E-state index contributed by atoms with van der Waals surface area (Å²) in [5, 5.41) is 13.8. The van der Waals surface area contributed by atoms with Crippen LogP contribution in [0.1, 0.15) is 5.82 Å². The molecule has 0 spiro atoms. The molecule has 136 valence electrons. The predicted octanol–water partition coefficient (Wildman–Crippen LogP) is 5.33. The van der Waals surface area contributed by atoms with E-state index in [0.29, 0.717) is 32.1 Å². The van der Waals surface area contributed by atoms with Gasteiger partial charge < -0.3 is 4.74 Å². The molecule has 0 aliphatic heterocycles. The number of halogens is 2. The Hall–Kier alpha value is -2.26. The standard InChI is InChI=1S/C17H11Cl2N5OS2/c18-12-2-1-3-14(16(12)19)24-15(21-22-17(24)26)8-25-11-6-4-10(5-7-11)13-9-27-23-20-13/h1-7,9H,8H2,(H,22,26). The molecule has 2 aromatic heterocycles. The summed E-state index contributed by atoms with van der Waals surface area (Å²) in [7, 11) is 0. The predicted molar refractivity (Wildman–Crippen MR) is 108 cm³/mol. The molecule has 0 atom stereocenters. The number of nitrogens with zero attached hydrogens (tertiary/aromatic N) is 4. The number of hydrogen-bond donors (Lipinski definition) is 1. The van der Waals surface area contributed by atoms with Gasteiger partial charge in [-0.3, -0.25) is 9.67 Å². The van der Waals surface area contributed by atoms with Gasteiger partial charge in [0.25, 0.3) is 0 Å². The van der Waals surface area contributed by atoms with Gasteiger partial charge in [-0.25, -0.2) is 0 Å². The number of aromatic nitrogens is 5. The van der Waals surface area contributed by atoms with Gasteiger partial charge in [0.05, 0.1) is 15.7 Å². The topological polar surface area (TPSA) is 68.6 Å². The van der Waals surface area contributed by atoms with E-state index in [1.165, 1.54) is 11.5 Å². The van der Waals surface area contributed by atoms with Crippen molar-refractivity contribution in [3.8, 4) is 22.7 Å². The van der Waals surface area contributed by atoms with Crippen molar-refractivity contribution in [2.24, 2.45) is 0 Å². The number of benzene rings is 2. The molecule has 0 aliphatic rings. The van der Waals surface area contributed by atoms with Gasteiger partial charge in [0.1, 0.15) is 18.1 Å². The normalized spacial score (nSPS) is 10.9. The molecule has 4 rings (SSSR count). The smallest absolute Gasteiger partial charge is 0.200 e. The number of nitrogens with one attached hydrogen (secondary N) is 1. The van der Waals surface area contributed by atoms with Crippen molar-refractivity contribution >= 4 is 47.0 Å². The van der Waals surface area contributed by atoms with Crippen LogP contribution in [0.4, 0.5) is 0 Å². The Labute approximate surface area is 173 Å². The molecule has 0 radical (unpaired) electrons. The van der Waals surface area contributed by atoms with Crippen LogP contribution in [0.3, 0.4) is 0 Å². The minimum Gasteiger partial charge on any atom is -0.486 e. The van der Waals surface area contributed by atoms with Crippen LogP contribution >= 0.6 is 47.0 Å². The van der Waals surface area contributed by atoms with Gasteiger partial charge in [-0.15, -0.1) is 5.10 Å². The lowest BCUT2D eigenvalue weighted by atomic mass is 10.2. The lowest BCUT2D eigenvalue weighted by molar-refractivity contribution is 0.293. The van der Waals surface area contributed by atoms with Crippen molar-refractivity contribution in [3.05, 3.63) is 68.5 Å². The first kappa shape index (κ1) is 18.1. The zero-order chi connectivity index (χ0) is 18.8. The first-order valence-electron chi connectivity index (χ1n) is 7.74. The fourth-order valence-corrected chi connectivity index (χ4v) is 3.59. The Balaban J connectivity index is 1.56. The van der Waals surface area contributed by atoms with E-state index in [1.807, 2.05) is 35.7 Å². The summed E-state index contributed by atoms with van der Waals surface area (Å²) in [4.78, 5) is 0. The summed E-state index contributed by atoms with van der Waals surface area (Å²) in [6.45, 7) is 0.202. The molecule has 4 aromatic rings. The summed E-state index contributed by atoms with van der Waals surface area (Å²) >= 11 is 19.1. The van der Waals surface area contributed by atoms with Gasteiger partial charge in [-0.05, 0) is 60.1 Å². The second-order valence-electron chi connectivity index (χ2n) is 5.46. The summed E-state index contributed by atoms with van der Waals surface area (Å²) in [5.41, 5.74) is 2.46. The molecule has 0 fully saturated rings. The monoisotopic (exact) mass is 435 g/mol. The van der Waals surface area contributed by atoms with E-state index in [0.717, 1.165) is 11.3 Å². The van der Waals surface area contributed by atoms with Crippen LogP contribution in [-0.4, -0.2) is 24.4 Å². The Morgan fingerprint density at radius 3 is 2.70 bits per heavy atom. The SMILES string of the molecule is S=c1[nH]nc(COc2ccc(-c3csnn3)cc2)n1-c1cccc(Cl)c1Cl. The minimum atomic E-state index is 0.202. The van der Waals surface area contributed by atoms with Crippen molar-refractivity contribution in [1.29, 1.82) is 0 Å². The molecule has 0 amide bonds. The lowest BCUT2D eigenvalue weighted by Gasteiger charge is -2.11. The molecule has 2 aromatic carbocycles. The van der Waals surface area contributed by atoms with Gasteiger partial charge in [0, 0.05) is 10.9 Å². The van der Waals surface area contributed by atoms with E-state index in [9.17, 15) is 0 Å². The van der Waals surface area contributed by atoms with Crippen LogP contribution in [0, 0.1) is 4.77 Å². The number of hydrogen-bond acceptors (Lipinski definition) is 6. The first-order valence-corrected chi connectivity index (χ1v) is 9.74. The van der Waals surface area contributed by atoms with Crippen LogP contribution < -0.4 is 4.74 Å². The molecule has 2 heterocycles. The van der Waals surface area contributed by atoms with E-state index in [4.69, 9.17) is 40.2 Å². The van der Waals surface area contributed by atoms with Crippen molar-refractivity contribution < 1.29 is 4.74 Å². The van der Waals surface area contributed by atoms with Crippen LogP contribution in [0.25, 0.3) is 16.9 Å². The highest BCUT2D eigenvalue weighted by atomic mass is 35.5. The Bertz CT molecular complexity index is 1120. The summed E-state index contributed by atoms with van der Waals surface area (Å²) in [5.74, 6) is 1.27. The van der Waals surface area contributed by atoms with Crippen LogP contribution in [-0.2, 0) is 6.61 Å². The average molecular weight is 436 g/mol. The van der Waals surface area contributed by atoms with Crippen molar-refractivity contribution in [3.63, 3.8) is 0 Å². The number of ether oxygens (including phenoxy) is 1. The molecular weight excluding hydrogens is 425 g/mol. The summed E-state index contributed by atoms with van der Waals surface area (Å²) in [6, 6.07) is 12.9. The highest BCUT2D eigenvalue weighted by Gasteiger charge is 2.14. The van der Waals surface area contributed by atoms with E-state index >= 15 is 0 Å². The summed E-state index contributed by atoms with van der Waals surface area (Å²) in [6.07, 6.45) is 0. The molecule has 0 saturated carbocycles. The van der Waals surface area contributed by atoms with Crippen LogP contribution in [0.15, 0.2) is 47.8 Å². The van der Waals surface area contributed by atoms with Crippen LogP contribution in [0.2, 0.25) is 10.0 Å². The molecule has 0 bridgehead atoms. The first-order chi connectivity index (χ1) is 13.1. The van der Waals surface area contributed by atoms with Crippen molar-refractivity contribution in [1.82, 2.24) is 24.4 Å². The van der Waals surface area contributed by atoms with Gasteiger partial charge in [0.2, 0.25) is 0 Å². The van der Waals surface area contributed by atoms with Crippen LogP contribution in [0.5, 0.6) is 5.75 Å². The maximum Gasteiger partial charge on any atom is 0.200 e. The Morgan fingerprint density at radius 1 is 1.15 bits per heavy atom. The molecule has 10 heteroatoms. The molecule has 0 aliphatic carbocycles. The molecule has 6 nitrogen and oxygen atoms in total. The second-order valence-corrected chi connectivity index (χ2v) is 7.24. The minimum absolute atomic E-state index is 0.202. The average Bonchev–Trinajstić information content (AvgIpc) is 3.33. The third-order valence-corrected chi connectivity index (χ3v) is 5.38. The van der Waals surface area contributed by atoms with Crippen molar-refractivity contribution in [2.75, 3.05) is 0 Å². The third-order valence-electron chi connectivity index (χ3n) is 3.79. The molecule has 27 heavy (non-hydrogen) atoms. The van der Waals surface area contributed by atoms with Gasteiger partial charge in [0.15, 0.2) is 10.6 Å². The van der Waals surface area contributed by atoms with Gasteiger partial charge >= 0.3 is 0 Å². The lowest BCUT2D eigenvalue weighted by Crippen LogP contribution is -2.06. The fraction of sp³-hybridized carbons (Fsp3) is 0.0588. The third kappa shape index (κ3) is 3.74. The number of aromatic amines is 1. The highest BCUT2D eigenvalue weighted by Crippen LogP contribution is 2.29. The summed E-state index contributed by atoms with van der Waals surface area (Å²) < 4.78 is 11.8. The van der Waals surface area contributed by atoms with E-state index in [2.05, 4.69) is 19.8 Å². The maximum atomic E-state index is 6.32. The highest BCUT2D eigenvalue weighted by molar-refractivity contribution is 7.71. The quantitative estimate of drug-likeness (QED) is 0.428.